The summed E-state index contributed by atoms with van der Waals surface area (Å²) in [4.78, 5) is 0.0418. The van der Waals surface area contributed by atoms with Gasteiger partial charge in [-0.3, -0.25) is 0 Å². The number of hydrogen-bond acceptors (Lipinski definition) is 6. The number of methoxy groups -OCH3 is 1. The van der Waals surface area contributed by atoms with Crippen molar-refractivity contribution in [1.29, 1.82) is 0 Å². The summed E-state index contributed by atoms with van der Waals surface area (Å²) in [5.41, 5.74) is 5.95. The highest BCUT2D eigenvalue weighted by atomic mass is 32.2. The molecule has 9 heteroatoms. The minimum atomic E-state index is -3.75. The van der Waals surface area contributed by atoms with E-state index in [9.17, 15) is 16.8 Å². The molecule has 0 aliphatic carbocycles. The third-order valence-corrected chi connectivity index (χ3v) is 6.96. The van der Waals surface area contributed by atoms with Crippen molar-refractivity contribution >= 4 is 25.5 Å². The highest BCUT2D eigenvalue weighted by molar-refractivity contribution is 7.91. The maximum atomic E-state index is 12.5. The second-order valence-corrected chi connectivity index (χ2v) is 9.05. The minimum absolute atomic E-state index is 0.0176. The zero-order valence-corrected chi connectivity index (χ0v) is 13.3. The van der Waals surface area contributed by atoms with E-state index in [-0.39, 0.29) is 35.2 Å². The summed E-state index contributed by atoms with van der Waals surface area (Å²) >= 11 is 0. The molecule has 0 unspecified atom stereocenters. The van der Waals surface area contributed by atoms with Gasteiger partial charge in [-0.15, -0.1) is 0 Å². The van der Waals surface area contributed by atoms with E-state index in [4.69, 9.17) is 10.5 Å². The van der Waals surface area contributed by atoms with E-state index >= 15 is 0 Å². The number of nitrogen functional groups attached to an aromatic ring is 1. The molecule has 21 heavy (non-hydrogen) atoms. The van der Waals surface area contributed by atoms with Gasteiger partial charge in [0.15, 0.2) is 9.84 Å². The van der Waals surface area contributed by atoms with E-state index in [0.717, 1.165) is 0 Å². The quantitative estimate of drug-likeness (QED) is 0.785. The molecule has 0 radical (unpaired) electrons. The number of nitrogens with two attached hydrogens (primary N) is 1. The fourth-order valence-corrected chi connectivity index (χ4v) is 5.08. The monoisotopic (exact) mass is 334 g/mol. The van der Waals surface area contributed by atoms with Crippen LogP contribution in [0.15, 0.2) is 23.1 Å². The van der Waals surface area contributed by atoms with E-state index in [1.807, 2.05) is 0 Å². The van der Waals surface area contributed by atoms with Gasteiger partial charge in [0.05, 0.1) is 29.2 Å². The molecule has 0 spiro atoms. The lowest BCUT2D eigenvalue weighted by Gasteiger charge is -2.20. The van der Waals surface area contributed by atoms with Crippen LogP contribution in [0.5, 0.6) is 5.75 Å². The average Bonchev–Trinajstić information content (AvgIpc) is 2.60. The first kappa shape index (κ1) is 16.1. The topological polar surface area (TPSA) is 107 Å². The maximum Gasteiger partial charge on any atom is 0.243 e. The van der Waals surface area contributed by atoms with Crippen LogP contribution in [0.4, 0.5) is 5.69 Å². The van der Waals surface area contributed by atoms with Gasteiger partial charge in [-0.25, -0.2) is 16.8 Å². The molecule has 0 atom stereocenters. The molecule has 0 amide bonds. The standard InChI is InChI=1S/C12H18N2O5S2/c1-19-12-4-3-10(9-11(12)13)21(17,18)14-5-2-7-20(15,16)8-6-14/h3-4,9H,2,5-8,13H2,1H3. The zero-order chi connectivity index (χ0) is 15.7. The van der Waals surface area contributed by atoms with Crippen molar-refractivity contribution in [2.75, 3.05) is 37.4 Å². The second kappa shape index (κ2) is 5.82. The molecule has 1 heterocycles. The van der Waals surface area contributed by atoms with Gasteiger partial charge in [-0.2, -0.15) is 4.31 Å². The molecule has 1 aromatic carbocycles. The van der Waals surface area contributed by atoms with Crippen LogP contribution in [-0.2, 0) is 19.9 Å². The first-order valence-electron chi connectivity index (χ1n) is 6.40. The first-order valence-corrected chi connectivity index (χ1v) is 9.66. The van der Waals surface area contributed by atoms with E-state index in [1.54, 1.807) is 0 Å². The van der Waals surface area contributed by atoms with Crippen LogP contribution in [0.2, 0.25) is 0 Å². The Morgan fingerprint density at radius 3 is 2.57 bits per heavy atom. The molecule has 0 aromatic heterocycles. The number of hydrogen-bond donors (Lipinski definition) is 1. The Hall–Kier alpha value is -1.32. The SMILES string of the molecule is COc1ccc(S(=O)(=O)N2CCCS(=O)(=O)CC2)cc1N. The Bertz CT molecular complexity index is 728. The highest BCUT2D eigenvalue weighted by Gasteiger charge is 2.29. The molecule has 0 saturated carbocycles. The molecule has 2 rings (SSSR count). The summed E-state index contributed by atoms with van der Waals surface area (Å²) in [5.74, 6) is 0.258. The second-order valence-electron chi connectivity index (χ2n) is 4.81. The molecular weight excluding hydrogens is 316 g/mol. The lowest BCUT2D eigenvalue weighted by molar-refractivity contribution is 0.416. The molecular formula is C12H18N2O5S2. The average molecular weight is 334 g/mol. The smallest absolute Gasteiger partial charge is 0.243 e. The Labute approximate surface area is 124 Å². The first-order chi connectivity index (χ1) is 9.76. The molecule has 1 aliphatic heterocycles. The number of sulfonamides is 1. The molecule has 7 nitrogen and oxygen atoms in total. The van der Waals surface area contributed by atoms with Crippen LogP contribution in [0.1, 0.15) is 6.42 Å². The van der Waals surface area contributed by atoms with Gasteiger partial charge in [0.25, 0.3) is 0 Å². The van der Waals surface area contributed by atoms with Crippen LogP contribution in [-0.4, -0.2) is 52.8 Å². The molecule has 1 aromatic rings. The number of nitrogens with zero attached hydrogens (tertiary/aromatic N) is 1. The van der Waals surface area contributed by atoms with Gasteiger partial charge < -0.3 is 10.5 Å². The van der Waals surface area contributed by atoms with Crippen molar-refractivity contribution in [3.63, 3.8) is 0 Å². The summed E-state index contributed by atoms with van der Waals surface area (Å²) in [6.45, 7) is 0.157. The van der Waals surface area contributed by atoms with Crippen LogP contribution in [0, 0.1) is 0 Å². The molecule has 1 saturated heterocycles. The predicted molar refractivity (Wildman–Crippen MR) is 79.4 cm³/mol. The Kier molecular flexibility index (Phi) is 4.45. The summed E-state index contributed by atoms with van der Waals surface area (Å²) < 4.78 is 54.4. The lowest BCUT2D eigenvalue weighted by Crippen LogP contribution is -2.33. The summed E-state index contributed by atoms with van der Waals surface area (Å²) in [5, 5.41) is 0. The van der Waals surface area contributed by atoms with Crippen molar-refractivity contribution in [2.45, 2.75) is 11.3 Å². The van der Waals surface area contributed by atoms with Crippen molar-refractivity contribution in [1.82, 2.24) is 4.31 Å². The molecule has 118 valence electrons. The van der Waals surface area contributed by atoms with Crippen molar-refractivity contribution in [2.24, 2.45) is 0 Å². The Morgan fingerprint density at radius 1 is 1.24 bits per heavy atom. The zero-order valence-electron chi connectivity index (χ0n) is 11.6. The van der Waals surface area contributed by atoms with E-state index in [1.165, 1.54) is 29.6 Å². The van der Waals surface area contributed by atoms with Crippen LogP contribution in [0.3, 0.4) is 0 Å². The van der Waals surface area contributed by atoms with Crippen molar-refractivity contribution in [3.8, 4) is 5.75 Å². The van der Waals surface area contributed by atoms with Gasteiger partial charge in [-0.1, -0.05) is 0 Å². The van der Waals surface area contributed by atoms with Crippen LogP contribution >= 0.6 is 0 Å². The van der Waals surface area contributed by atoms with Gasteiger partial charge in [0.2, 0.25) is 10.0 Å². The summed E-state index contributed by atoms with van der Waals surface area (Å²) in [6, 6.07) is 4.22. The van der Waals surface area contributed by atoms with Crippen molar-refractivity contribution < 1.29 is 21.6 Å². The third kappa shape index (κ3) is 3.47. The largest absolute Gasteiger partial charge is 0.495 e. The van der Waals surface area contributed by atoms with Gasteiger partial charge in [0.1, 0.15) is 5.75 Å². The number of rotatable bonds is 3. The Balaban J connectivity index is 2.31. The number of anilines is 1. The number of sulfone groups is 1. The van der Waals surface area contributed by atoms with Gasteiger partial charge in [-0.05, 0) is 24.6 Å². The molecule has 2 N–H and O–H groups in total. The maximum absolute atomic E-state index is 12.5. The van der Waals surface area contributed by atoms with Crippen LogP contribution < -0.4 is 10.5 Å². The van der Waals surface area contributed by atoms with E-state index < -0.39 is 19.9 Å². The van der Waals surface area contributed by atoms with Gasteiger partial charge >= 0.3 is 0 Å². The third-order valence-electron chi connectivity index (χ3n) is 3.35. The minimum Gasteiger partial charge on any atom is -0.495 e. The molecule has 1 fully saturated rings. The number of ether oxygens (including phenoxy) is 1. The Morgan fingerprint density at radius 2 is 1.95 bits per heavy atom. The molecule has 0 bridgehead atoms. The van der Waals surface area contributed by atoms with E-state index in [0.29, 0.717) is 12.2 Å². The fourth-order valence-electron chi connectivity index (χ4n) is 2.18. The van der Waals surface area contributed by atoms with E-state index in [2.05, 4.69) is 0 Å². The lowest BCUT2D eigenvalue weighted by atomic mass is 10.3. The summed E-state index contributed by atoms with van der Waals surface area (Å²) in [6.07, 6.45) is 0.299. The fraction of sp³-hybridized carbons (Fsp3) is 0.500. The van der Waals surface area contributed by atoms with Gasteiger partial charge in [0, 0.05) is 13.1 Å². The molecule has 1 aliphatic rings. The predicted octanol–water partition coefficient (Wildman–Crippen LogP) is 0.0866. The normalized spacial score (nSPS) is 19.9. The number of benzene rings is 1. The summed E-state index contributed by atoms with van der Waals surface area (Å²) in [7, 11) is -5.47. The van der Waals surface area contributed by atoms with Crippen LogP contribution in [0.25, 0.3) is 0 Å². The van der Waals surface area contributed by atoms with Crippen molar-refractivity contribution in [3.05, 3.63) is 18.2 Å². The highest BCUT2D eigenvalue weighted by Crippen LogP contribution is 2.26.